The molecule has 0 atom stereocenters. The van der Waals surface area contributed by atoms with Crippen LogP contribution in [0.2, 0.25) is 6.04 Å². The molecular formula is C15H27NO5SSi. The molecule has 132 valence electrons. The maximum atomic E-state index is 11.6. The molecule has 0 fully saturated rings. The molecule has 0 aromatic heterocycles. The Kier molecular flexibility index (Phi) is 8.38. The fourth-order valence-electron chi connectivity index (χ4n) is 2.48. The van der Waals surface area contributed by atoms with Gasteiger partial charge in [0.25, 0.3) is 0 Å². The van der Waals surface area contributed by atoms with Gasteiger partial charge in [-0.15, -0.1) is 0 Å². The number of rotatable bonds is 11. The van der Waals surface area contributed by atoms with Crippen molar-refractivity contribution in [2.24, 2.45) is 5.14 Å². The van der Waals surface area contributed by atoms with Crippen LogP contribution in [0, 0.1) is 0 Å². The Morgan fingerprint density at radius 1 is 1.00 bits per heavy atom. The molecule has 23 heavy (non-hydrogen) atoms. The van der Waals surface area contributed by atoms with Gasteiger partial charge in [-0.2, -0.15) is 0 Å². The average Bonchev–Trinajstić information content (AvgIpc) is 2.47. The first-order chi connectivity index (χ1) is 10.9. The molecule has 0 spiro atoms. The standard InChI is InChI=1S/C15H27NO5SSi/c1-4-19-23(20-5-2,21-6-3)13-9-11-14-10-7-8-12-15(14)22(16,17)18/h7-8,10,12H,4-6,9,11,13H2,1-3H3,(H2,16,17,18). The molecule has 1 aromatic carbocycles. The van der Waals surface area contributed by atoms with Crippen LogP contribution in [0.5, 0.6) is 0 Å². The van der Waals surface area contributed by atoms with Crippen molar-refractivity contribution >= 4 is 18.8 Å². The van der Waals surface area contributed by atoms with Crippen LogP contribution in [-0.2, 0) is 29.7 Å². The van der Waals surface area contributed by atoms with E-state index in [2.05, 4.69) is 0 Å². The van der Waals surface area contributed by atoms with Crippen molar-refractivity contribution in [1.82, 2.24) is 0 Å². The lowest BCUT2D eigenvalue weighted by Gasteiger charge is -2.28. The maximum absolute atomic E-state index is 11.6. The van der Waals surface area contributed by atoms with Crippen LogP contribution in [0.3, 0.4) is 0 Å². The zero-order chi connectivity index (χ0) is 17.3. The molecule has 0 saturated carbocycles. The highest BCUT2D eigenvalue weighted by molar-refractivity contribution is 7.89. The van der Waals surface area contributed by atoms with E-state index in [0.717, 1.165) is 0 Å². The predicted molar refractivity (Wildman–Crippen MR) is 91.6 cm³/mol. The van der Waals surface area contributed by atoms with Gasteiger partial charge in [-0.1, -0.05) is 18.2 Å². The molecule has 0 aliphatic heterocycles. The molecule has 0 heterocycles. The second-order valence-corrected chi connectivity index (χ2v) is 9.25. The summed E-state index contributed by atoms with van der Waals surface area (Å²) in [5.41, 5.74) is 0.711. The number of benzene rings is 1. The van der Waals surface area contributed by atoms with Crippen LogP contribution >= 0.6 is 0 Å². The van der Waals surface area contributed by atoms with Crippen molar-refractivity contribution in [3.8, 4) is 0 Å². The van der Waals surface area contributed by atoms with E-state index in [0.29, 0.717) is 44.3 Å². The first-order valence-electron chi connectivity index (χ1n) is 7.91. The zero-order valence-corrected chi connectivity index (χ0v) is 15.9. The Balaban J connectivity index is 2.81. The van der Waals surface area contributed by atoms with E-state index in [1.807, 2.05) is 26.8 Å². The van der Waals surface area contributed by atoms with Gasteiger partial charge in [-0.05, 0) is 45.2 Å². The molecule has 1 rings (SSSR count). The summed E-state index contributed by atoms with van der Waals surface area (Å²) in [5.74, 6) is 0. The molecule has 0 radical (unpaired) electrons. The highest BCUT2D eigenvalue weighted by Crippen LogP contribution is 2.22. The minimum Gasteiger partial charge on any atom is -0.374 e. The summed E-state index contributed by atoms with van der Waals surface area (Å²) in [5, 5.41) is 5.27. The third-order valence-corrected chi connectivity index (χ3v) is 7.46. The topological polar surface area (TPSA) is 87.9 Å². The third-order valence-electron chi connectivity index (χ3n) is 3.30. The molecule has 2 N–H and O–H groups in total. The Bertz CT molecular complexity index is 562. The van der Waals surface area contributed by atoms with E-state index in [4.69, 9.17) is 18.4 Å². The van der Waals surface area contributed by atoms with Gasteiger partial charge in [0.2, 0.25) is 10.0 Å². The Hall–Kier alpha value is -0.773. The Morgan fingerprint density at radius 3 is 2.00 bits per heavy atom. The van der Waals surface area contributed by atoms with E-state index in [9.17, 15) is 8.42 Å². The van der Waals surface area contributed by atoms with Gasteiger partial charge in [0.15, 0.2) is 0 Å². The summed E-state index contributed by atoms with van der Waals surface area (Å²) in [6.45, 7) is 7.32. The van der Waals surface area contributed by atoms with Crippen molar-refractivity contribution in [2.75, 3.05) is 19.8 Å². The molecule has 1 aromatic rings. The number of hydrogen-bond acceptors (Lipinski definition) is 5. The zero-order valence-electron chi connectivity index (χ0n) is 14.1. The number of sulfonamides is 1. The SMILES string of the molecule is CCO[Si](CCCc1ccccc1S(N)(=O)=O)(OCC)OCC. The summed E-state index contributed by atoms with van der Waals surface area (Å²) in [7, 11) is -6.41. The van der Waals surface area contributed by atoms with Gasteiger partial charge in [0.05, 0.1) is 4.90 Å². The Labute approximate surface area is 140 Å². The summed E-state index contributed by atoms with van der Waals surface area (Å²) < 4.78 is 40.7. The van der Waals surface area contributed by atoms with Gasteiger partial charge in [0, 0.05) is 25.9 Å². The van der Waals surface area contributed by atoms with Crippen molar-refractivity contribution in [3.63, 3.8) is 0 Å². The minimum absolute atomic E-state index is 0.177. The summed E-state index contributed by atoms with van der Waals surface area (Å²) in [6, 6.07) is 7.43. The van der Waals surface area contributed by atoms with E-state index in [-0.39, 0.29) is 4.90 Å². The maximum Gasteiger partial charge on any atom is 0.500 e. The number of aryl methyl sites for hydroxylation is 1. The lowest BCUT2D eigenvalue weighted by molar-refractivity contribution is 0.0708. The molecule has 0 aliphatic carbocycles. The molecule has 0 amide bonds. The van der Waals surface area contributed by atoms with Gasteiger partial charge in [-0.3, -0.25) is 0 Å². The largest absolute Gasteiger partial charge is 0.500 e. The second kappa shape index (κ2) is 9.51. The molecular weight excluding hydrogens is 334 g/mol. The van der Waals surface area contributed by atoms with Crippen LogP contribution in [0.25, 0.3) is 0 Å². The van der Waals surface area contributed by atoms with Crippen LogP contribution in [0.15, 0.2) is 29.2 Å². The predicted octanol–water partition coefficient (Wildman–Crippen LogP) is 2.32. The molecule has 6 nitrogen and oxygen atoms in total. The lowest BCUT2D eigenvalue weighted by atomic mass is 10.1. The fraction of sp³-hybridized carbons (Fsp3) is 0.600. The monoisotopic (exact) mass is 361 g/mol. The van der Waals surface area contributed by atoms with Gasteiger partial charge in [-0.25, -0.2) is 13.6 Å². The molecule has 8 heteroatoms. The molecule has 0 unspecified atom stereocenters. The summed E-state index contributed by atoms with van der Waals surface area (Å²) in [6.07, 6.45) is 1.29. The molecule has 0 saturated heterocycles. The van der Waals surface area contributed by atoms with E-state index < -0.39 is 18.8 Å². The molecule has 0 aliphatic rings. The van der Waals surface area contributed by atoms with Gasteiger partial charge in [0.1, 0.15) is 0 Å². The van der Waals surface area contributed by atoms with Gasteiger partial charge >= 0.3 is 8.80 Å². The van der Waals surface area contributed by atoms with E-state index >= 15 is 0 Å². The fourth-order valence-corrected chi connectivity index (χ4v) is 5.90. The smallest absolute Gasteiger partial charge is 0.374 e. The summed E-state index contributed by atoms with van der Waals surface area (Å²) >= 11 is 0. The van der Waals surface area contributed by atoms with Crippen molar-refractivity contribution in [1.29, 1.82) is 0 Å². The second-order valence-electron chi connectivity index (χ2n) is 4.99. The van der Waals surface area contributed by atoms with Crippen LogP contribution in [0.4, 0.5) is 0 Å². The van der Waals surface area contributed by atoms with Crippen molar-refractivity contribution < 1.29 is 21.7 Å². The first-order valence-corrected chi connectivity index (χ1v) is 11.4. The van der Waals surface area contributed by atoms with Gasteiger partial charge < -0.3 is 13.3 Å². The number of hydrogen-bond donors (Lipinski definition) is 1. The summed E-state index contributed by atoms with van der Waals surface area (Å²) in [4.78, 5) is 0.177. The van der Waals surface area contributed by atoms with E-state index in [1.54, 1.807) is 12.1 Å². The van der Waals surface area contributed by atoms with Crippen LogP contribution in [0.1, 0.15) is 32.8 Å². The van der Waals surface area contributed by atoms with Crippen molar-refractivity contribution in [3.05, 3.63) is 29.8 Å². The lowest BCUT2D eigenvalue weighted by Crippen LogP contribution is -2.46. The van der Waals surface area contributed by atoms with Crippen LogP contribution in [-0.4, -0.2) is 37.0 Å². The number of nitrogens with two attached hydrogens (primary N) is 1. The first kappa shape index (κ1) is 20.3. The normalized spacial score (nSPS) is 12.5. The highest BCUT2D eigenvalue weighted by Gasteiger charge is 2.39. The number of primary sulfonamides is 1. The highest BCUT2D eigenvalue weighted by atomic mass is 32.2. The van der Waals surface area contributed by atoms with Crippen molar-refractivity contribution in [2.45, 2.75) is 44.6 Å². The van der Waals surface area contributed by atoms with E-state index in [1.165, 1.54) is 6.07 Å². The quantitative estimate of drug-likeness (QED) is 0.611. The minimum atomic E-state index is -3.71. The average molecular weight is 362 g/mol. The third kappa shape index (κ3) is 6.32. The molecule has 0 bridgehead atoms. The van der Waals surface area contributed by atoms with Crippen LogP contribution < -0.4 is 5.14 Å². The Morgan fingerprint density at radius 2 is 1.52 bits per heavy atom.